The second kappa shape index (κ2) is 9.77. The minimum absolute atomic E-state index is 0.649. The predicted octanol–water partition coefficient (Wildman–Crippen LogP) is 4.34. The number of morpholine rings is 1. The molecular formula is C24H31N5OS. The van der Waals surface area contributed by atoms with Gasteiger partial charge in [-0.15, -0.1) is 0 Å². The molecule has 0 aliphatic carbocycles. The monoisotopic (exact) mass is 437 g/mol. The van der Waals surface area contributed by atoms with Gasteiger partial charge < -0.3 is 14.2 Å². The van der Waals surface area contributed by atoms with E-state index in [1.54, 1.807) is 0 Å². The molecule has 164 valence electrons. The Kier molecular flexibility index (Phi) is 6.85. The molecule has 0 N–H and O–H groups in total. The summed E-state index contributed by atoms with van der Waals surface area (Å²) >= 11 is 5.74. The van der Waals surface area contributed by atoms with Gasteiger partial charge in [0, 0.05) is 37.4 Å². The van der Waals surface area contributed by atoms with E-state index < -0.39 is 0 Å². The van der Waals surface area contributed by atoms with Gasteiger partial charge in [-0.05, 0) is 56.9 Å². The fraction of sp³-hybridized carbons (Fsp3) is 0.417. The average Bonchev–Trinajstić information content (AvgIpc) is 3.10. The van der Waals surface area contributed by atoms with Crippen molar-refractivity contribution in [2.75, 3.05) is 38.3 Å². The van der Waals surface area contributed by atoms with E-state index in [2.05, 4.69) is 83.8 Å². The number of aromatic nitrogens is 3. The molecule has 1 aliphatic heterocycles. The molecule has 1 fully saturated rings. The van der Waals surface area contributed by atoms with E-state index in [-0.39, 0.29) is 0 Å². The lowest BCUT2D eigenvalue weighted by atomic mass is 10.1. The summed E-state index contributed by atoms with van der Waals surface area (Å²) in [5, 5.41) is 4.86. The number of aryl methyl sites for hydroxylation is 1. The largest absolute Gasteiger partial charge is 0.378 e. The first-order valence-electron chi connectivity index (χ1n) is 10.9. The molecule has 0 atom stereocenters. The molecule has 0 spiro atoms. The minimum Gasteiger partial charge on any atom is -0.378 e. The molecule has 0 unspecified atom stereocenters. The molecule has 2 heterocycles. The Hall–Kier alpha value is -2.48. The Morgan fingerprint density at radius 1 is 1.10 bits per heavy atom. The fourth-order valence-electron chi connectivity index (χ4n) is 4.04. The van der Waals surface area contributed by atoms with Gasteiger partial charge in [0.15, 0.2) is 10.6 Å². The van der Waals surface area contributed by atoms with E-state index in [9.17, 15) is 0 Å². The molecule has 1 saturated heterocycles. The normalized spacial score (nSPS) is 14.4. The van der Waals surface area contributed by atoms with Crippen LogP contribution in [0.2, 0.25) is 0 Å². The van der Waals surface area contributed by atoms with Crippen molar-refractivity contribution in [1.82, 2.24) is 19.2 Å². The van der Waals surface area contributed by atoms with Crippen LogP contribution in [0.25, 0.3) is 11.4 Å². The van der Waals surface area contributed by atoms with Crippen molar-refractivity contribution < 1.29 is 4.74 Å². The smallest absolute Gasteiger partial charge is 0.199 e. The third-order valence-electron chi connectivity index (χ3n) is 5.66. The van der Waals surface area contributed by atoms with Crippen molar-refractivity contribution >= 4 is 17.9 Å². The van der Waals surface area contributed by atoms with Crippen molar-refractivity contribution in [3.05, 3.63) is 64.4 Å². The van der Waals surface area contributed by atoms with Crippen LogP contribution in [0.15, 0.2) is 48.5 Å². The number of ether oxygens (including phenoxy) is 1. The van der Waals surface area contributed by atoms with Gasteiger partial charge in [0.05, 0.1) is 19.9 Å². The Morgan fingerprint density at radius 2 is 1.84 bits per heavy atom. The lowest BCUT2D eigenvalue weighted by molar-refractivity contribution is 0.122. The number of benzene rings is 2. The molecule has 0 saturated carbocycles. The summed E-state index contributed by atoms with van der Waals surface area (Å²) in [4.78, 5) is 4.62. The number of rotatable bonds is 7. The highest BCUT2D eigenvalue weighted by Crippen LogP contribution is 2.21. The maximum atomic E-state index is 5.74. The summed E-state index contributed by atoms with van der Waals surface area (Å²) in [6, 6.07) is 17.3. The molecule has 1 aromatic heterocycles. The van der Waals surface area contributed by atoms with Gasteiger partial charge in [0.2, 0.25) is 0 Å². The maximum absolute atomic E-state index is 5.74. The summed E-state index contributed by atoms with van der Waals surface area (Å²) < 4.78 is 10.2. The molecular weight excluding hydrogens is 406 g/mol. The van der Waals surface area contributed by atoms with Crippen LogP contribution in [-0.2, 0) is 24.5 Å². The molecule has 1 aliphatic rings. The van der Waals surface area contributed by atoms with Crippen molar-refractivity contribution in [2.45, 2.75) is 33.6 Å². The maximum Gasteiger partial charge on any atom is 0.199 e. The first-order chi connectivity index (χ1) is 15.0. The third kappa shape index (κ3) is 5.06. The van der Waals surface area contributed by atoms with Crippen LogP contribution >= 0.6 is 12.2 Å². The van der Waals surface area contributed by atoms with Crippen LogP contribution in [-0.4, -0.2) is 52.6 Å². The molecule has 0 amide bonds. The van der Waals surface area contributed by atoms with Crippen LogP contribution < -0.4 is 4.90 Å². The second-order valence-electron chi connectivity index (χ2n) is 8.14. The van der Waals surface area contributed by atoms with E-state index in [1.165, 1.54) is 16.8 Å². The van der Waals surface area contributed by atoms with E-state index in [0.29, 0.717) is 6.67 Å². The SMILES string of the molecule is CCn1c(-c2cccc(C)c2)nn(CN(C)Cc2ccc(N3CCOCC3)cc2)c1=S. The van der Waals surface area contributed by atoms with Gasteiger partial charge in [-0.25, -0.2) is 4.68 Å². The van der Waals surface area contributed by atoms with Gasteiger partial charge >= 0.3 is 0 Å². The standard InChI is InChI=1S/C24H31N5OS/c1-4-28-23(21-7-5-6-19(2)16-21)25-29(24(28)31)18-26(3)17-20-8-10-22(11-9-20)27-12-14-30-15-13-27/h5-11,16H,4,12-15,17-18H2,1-3H3. The van der Waals surface area contributed by atoms with Gasteiger partial charge in [0.1, 0.15) is 0 Å². The minimum atomic E-state index is 0.649. The van der Waals surface area contributed by atoms with Crippen molar-refractivity contribution in [3.8, 4) is 11.4 Å². The highest BCUT2D eigenvalue weighted by Gasteiger charge is 2.14. The van der Waals surface area contributed by atoms with Gasteiger partial charge in [-0.1, -0.05) is 35.9 Å². The highest BCUT2D eigenvalue weighted by molar-refractivity contribution is 7.71. The highest BCUT2D eigenvalue weighted by atomic mass is 32.1. The molecule has 2 aromatic carbocycles. The predicted molar refractivity (Wildman–Crippen MR) is 128 cm³/mol. The topological polar surface area (TPSA) is 38.5 Å². The van der Waals surface area contributed by atoms with Crippen molar-refractivity contribution in [1.29, 1.82) is 0 Å². The lowest BCUT2D eigenvalue weighted by Gasteiger charge is -2.29. The lowest BCUT2D eigenvalue weighted by Crippen LogP contribution is -2.36. The van der Waals surface area contributed by atoms with Gasteiger partial charge in [0.25, 0.3) is 0 Å². The van der Waals surface area contributed by atoms with Crippen LogP contribution in [0.1, 0.15) is 18.1 Å². The zero-order valence-corrected chi connectivity index (χ0v) is 19.4. The van der Waals surface area contributed by atoms with E-state index in [0.717, 1.165) is 55.6 Å². The van der Waals surface area contributed by atoms with Crippen LogP contribution in [0.3, 0.4) is 0 Å². The summed E-state index contributed by atoms with van der Waals surface area (Å²) in [7, 11) is 2.11. The Bertz CT molecular complexity index is 1070. The van der Waals surface area contributed by atoms with Crippen molar-refractivity contribution in [3.63, 3.8) is 0 Å². The first kappa shape index (κ1) is 21.7. The Labute approximate surface area is 189 Å². The van der Waals surface area contributed by atoms with E-state index in [1.807, 2.05) is 4.68 Å². The summed E-state index contributed by atoms with van der Waals surface area (Å²) in [6.45, 7) is 10.0. The van der Waals surface area contributed by atoms with Crippen LogP contribution in [0.5, 0.6) is 0 Å². The van der Waals surface area contributed by atoms with E-state index >= 15 is 0 Å². The summed E-state index contributed by atoms with van der Waals surface area (Å²) in [6.07, 6.45) is 0. The first-order valence-corrected chi connectivity index (χ1v) is 11.3. The number of hydrogen-bond acceptors (Lipinski definition) is 5. The zero-order valence-electron chi connectivity index (χ0n) is 18.6. The molecule has 31 heavy (non-hydrogen) atoms. The average molecular weight is 438 g/mol. The van der Waals surface area contributed by atoms with Crippen molar-refractivity contribution in [2.24, 2.45) is 0 Å². The molecule has 0 bridgehead atoms. The summed E-state index contributed by atoms with van der Waals surface area (Å²) in [5.41, 5.74) is 4.87. The van der Waals surface area contributed by atoms with Gasteiger partial charge in [-0.2, -0.15) is 5.10 Å². The summed E-state index contributed by atoms with van der Waals surface area (Å²) in [5.74, 6) is 0.930. The van der Waals surface area contributed by atoms with E-state index in [4.69, 9.17) is 22.1 Å². The van der Waals surface area contributed by atoms with Crippen LogP contribution in [0, 0.1) is 11.7 Å². The molecule has 7 heteroatoms. The Balaban J connectivity index is 1.46. The van der Waals surface area contributed by atoms with Crippen LogP contribution in [0.4, 0.5) is 5.69 Å². The number of nitrogens with zero attached hydrogens (tertiary/aromatic N) is 5. The number of anilines is 1. The second-order valence-corrected chi connectivity index (χ2v) is 8.51. The molecule has 6 nitrogen and oxygen atoms in total. The fourth-order valence-corrected chi connectivity index (χ4v) is 4.35. The zero-order chi connectivity index (χ0) is 21.8. The third-order valence-corrected chi connectivity index (χ3v) is 6.09. The Morgan fingerprint density at radius 3 is 2.52 bits per heavy atom. The molecule has 3 aromatic rings. The molecule has 4 rings (SSSR count). The molecule has 0 radical (unpaired) electrons. The number of hydrogen-bond donors (Lipinski definition) is 0. The van der Waals surface area contributed by atoms with Gasteiger partial charge in [-0.3, -0.25) is 4.90 Å². The quantitative estimate of drug-likeness (QED) is 0.514.